The van der Waals surface area contributed by atoms with Crippen LogP contribution in [0.1, 0.15) is 25.0 Å². The van der Waals surface area contributed by atoms with Crippen LogP contribution in [0.25, 0.3) is 0 Å². The highest BCUT2D eigenvalue weighted by Crippen LogP contribution is 2.17. The molecule has 0 saturated carbocycles. The minimum absolute atomic E-state index is 0.498. The molecule has 1 aliphatic rings. The van der Waals surface area contributed by atoms with Crippen molar-refractivity contribution in [1.29, 1.82) is 0 Å². The van der Waals surface area contributed by atoms with Gasteiger partial charge >= 0.3 is 0 Å². The summed E-state index contributed by atoms with van der Waals surface area (Å²) in [6, 6.07) is 4.04. The molecular weight excluding hydrogens is 188 g/mol. The third kappa shape index (κ3) is 3.08. The van der Waals surface area contributed by atoms with Crippen molar-refractivity contribution in [3.63, 3.8) is 0 Å². The van der Waals surface area contributed by atoms with Crippen molar-refractivity contribution >= 4 is 0 Å². The lowest BCUT2D eigenvalue weighted by Gasteiger charge is -2.22. The number of rotatable bonds is 3. The van der Waals surface area contributed by atoms with Gasteiger partial charge in [0, 0.05) is 25.6 Å². The zero-order chi connectivity index (χ0) is 10.5. The van der Waals surface area contributed by atoms with Crippen molar-refractivity contribution in [2.75, 3.05) is 32.7 Å². The van der Waals surface area contributed by atoms with Crippen LogP contribution in [-0.2, 0) is 0 Å². The number of nitrogens with one attached hydrogen (secondary N) is 1. The van der Waals surface area contributed by atoms with Gasteiger partial charge in [-0.05, 0) is 31.6 Å². The standard InChI is InChI=1S/C12H20N2O/c1-11(12-4-2-9-15-12)10-14-7-3-5-13-6-8-14/h2,4,9,11,13H,3,5-8,10H2,1H3. The summed E-state index contributed by atoms with van der Waals surface area (Å²) in [7, 11) is 0. The van der Waals surface area contributed by atoms with E-state index in [-0.39, 0.29) is 0 Å². The molecule has 0 bridgehead atoms. The summed E-state index contributed by atoms with van der Waals surface area (Å²) in [6.45, 7) is 7.98. The second kappa shape index (κ2) is 5.33. The highest BCUT2D eigenvalue weighted by atomic mass is 16.3. The molecule has 1 fully saturated rings. The lowest BCUT2D eigenvalue weighted by molar-refractivity contribution is 0.266. The smallest absolute Gasteiger partial charge is 0.107 e. The fourth-order valence-electron chi connectivity index (χ4n) is 2.13. The Kier molecular flexibility index (Phi) is 3.80. The molecule has 0 aliphatic carbocycles. The first-order valence-corrected chi connectivity index (χ1v) is 5.83. The van der Waals surface area contributed by atoms with Crippen LogP contribution in [0.2, 0.25) is 0 Å². The van der Waals surface area contributed by atoms with Crippen molar-refractivity contribution in [3.05, 3.63) is 24.2 Å². The molecule has 0 amide bonds. The number of hydrogen-bond acceptors (Lipinski definition) is 3. The first-order chi connectivity index (χ1) is 7.36. The zero-order valence-corrected chi connectivity index (χ0v) is 9.41. The molecule has 2 heterocycles. The molecule has 0 radical (unpaired) electrons. The highest BCUT2D eigenvalue weighted by Gasteiger charge is 2.14. The van der Waals surface area contributed by atoms with Crippen LogP contribution in [0.3, 0.4) is 0 Å². The summed E-state index contributed by atoms with van der Waals surface area (Å²) in [5, 5.41) is 3.42. The largest absolute Gasteiger partial charge is 0.469 e. The molecule has 0 spiro atoms. The summed E-state index contributed by atoms with van der Waals surface area (Å²) < 4.78 is 5.43. The van der Waals surface area contributed by atoms with E-state index in [1.54, 1.807) is 6.26 Å². The Morgan fingerprint density at radius 3 is 3.20 bits per heavy atom. The van der Waals surface area contributed by atoms with E-state index < -0.39 is 0 Å². The van der Waals surface area contributed by atoms with Gasteiger partial charge in [0.15, 0.2) is 0 Å². The molecule has 0 aromatic carbocycles. The Morgan fingerprint density at radius 2 is 2.40 bits per heavy atom. The minimum atomic E-state index is 0.498. The molecule has 1 aromatic heterocycles. The van der Waals surface area contributed by atoms with Crippen LogP contribution in [0.5, 0.6) is 0 Å². The quantitative estimate of drug-likeness (QED) is 0.819. The van der Waals surface area contributed by atoms with Gasteiger partial charge in [-0.3, -0.25) is 0 Å². The van der Waals surface area contributed by atoms with Gasteiger partial charge < -0.3 is 14.6 Å². The van der Waals surface area contributed by atoms with Crippen LogP contribution in [-0.4, -0.2) is 37.6 Å². The Balaban J connectivity index is 1.84. The van der Waals surface area contributed by atoms with Gasteiger partial charge in [-0.2, -0.15) is 0 Å². The first-order valence-electron chi connectivity index (χ1n) is 5.83. The molecule has 1 aliphatic heterocycles. The molecule has 3 nitrogen and oxygen atoms in total. The number of nitrogens with zero attached hydrogens (tertiary/aromatic N) is 1. The summed E-state index contributed by atoms with van der Waals surface area (Å²) in [4.78, 5) is 2.52. The van der Waals surface area contributed by atoms with Crippen molar-refractivity contribution in [2.24, 2.45) is 0 Å². The topological polar surface area (TPSA) is 28.4 Å². The maximum atomic E-state index is 5.43. The Morgan fingerprint density at radius 1 is 1.47 bits per heavy atom. The van der Waals surface area contributed by atoms with Gasteiger partial charge in [0.2, 0.25) is 0 Å². The lowest BCUT2D eigenvalue weighted by Crippen LogP contribution is -2.31. The first kappa shape index (κ1) is 10.7. The Hall–Kier alpha value is -0.800. The van der Waals surface area contributed by atoms with Gasteiger partial charge in [0.1, 0.15) is 5.76 Å². The summed E-state index contributed by atoms with van der Waals surface area (Å²) in [5.74, 6) is 1.60. The van der Waals surface area contributed by atoms with E-state index in [1.165, 1.54) is 13.0 Å². The molecule has 1 N–H and O–H groups in total. The van der Waals surface area contributed by atoms with Gasteiger partial charge in [-0.1, -0.05) is 6.92 Å². The van der Waals surface area contributed by atoms with E-state index in [9.17, 15) is 0 Å². The number of hydrogen-bond donors (Lipinski definition) is 1. The fraction of sp³-hybridized carbons (Fsp3) is 0.667. The predicted molar refractivity (Wildman–Crippen MR) is 61.0 cm³/mol. The van der Waals surface area contributed by atoms with Gasteiger partial charge in [0.05, 0.1) is 6.26 Å². The van der Waals surface area contributed by atoms with E-state index in [4.69, 9.17) is 4.42 Å². The molecule has 1 aromatic rings. The normalized spacial score (nSPS) is 21.1. The van der Waals surface area contributed by atoms with Crippen molar-refractivity contribution < 1.29 is 4.42 Å². The molecule has 2 rings (SSSR count). The molecular formula is C12H20N2O. The summed E-state index contributed by atoms with van der Waals surface area (Å²) >= 11 is 0. The lowest BCUT2D eigenvalue weighted by atomic mass is 10.1. The van der Waals surface area contributed by atoms with Crippen LogP contribution in [0, 0.1) is 0 Å². The second-order valence-corrected chi connectivity index (χ2v) is 4.32. The Bertz CT molecular complexity index is 263. The van der Waals surface area contributed by atoms with Crippen LogP contribution in [0.4, 0.5) is 0 Å². The molecule has 3 heteroatoms. The number of furan rings is 1. The monoisotopic (exact) mass is 208 g/mol. The van der Waals surface area contributed by atoms with Gasteiger partial charge in [0.25, 0.3) is 0 Å². The SMILES string of the molecule is CC(CN1CCCNCC1)c1ccco1. The molecule has 1 unspecified atom stereocenters. The third-order valence-corrected chi connectivity index (χ3v) is 2.99. The zero-order valence-electron chi connectivity index (χ0n) is 9.41. The van der Waals surface area contributed by atoms with Gasteiger partial charge in [-0.25, -0.2) is 0 Å². The van der Waals surface area contributed by atoms with E-state index >= 15 is 0 Å². The van der Waals surface area contributed by atoms with Crippen molar-refractivity contribution in [2.45, 2.75) is 19.3 Å². The fourth-order valence-corrected chi connectivity index (χ4v) is 2.13. The van der Waals surface area contributed by atoms with Gasteiger partial charge in [-0.15, -0.1) is 0 Å². The maximum Gasteiger partial charge on any atom is 0.107 e. The molecule has 84 valence electrons. The third-order valence-electron chi connectivity index (χ3n) is 2.99. The highest BCUT2D eigenvalue weighted by molar-refractivity contribution is 5.04. The van der Waals surface area contributed by atoms with E-state index in [0.717, 1.165) is 31.9 Å². The summed E-state index contributed by atoms with van der Waals surface area (Å²) in [6.07, 6.45) is 3.01. The summed E-state index contributed by atoms with van der Waals surface area (Å²) in [5.41, 5.74) is 0. The predicted octanol–water partition coefficient (Wildman–Crippen LogP) is 1.68. The second-order valence-electron chi connectivity index (χ2n) is 4.32. The van der Waals surface area contributed by atoms with Crippen molar-refractivity contribution in [1.82, 2.24) is 10.2 Å². The van der Waals surface area contributed by atoms with E-state index in [1.807, 2.05) is 6.07 Å². The minimum Gasteiger partial charge on any atom is -0.469 e. The van der Waals surface area contributed by atoms with Crippen LogP contribution in [0.15, 0.2) is 22.8 Å². The van der Waals surface area contributed by atoms with Crippen LogP contribution < -0.4 is 5.32 Å². The average Bonchev–Trinajstić information content (AvgIpc) is 2.65. The van der Waals surface area contributed by atoms with E-state index in [0.29, 0.717) is 5.92 Å². The molecule has 1 atom stereocenters. The van der Waals surface area contributed by atoms with E-state index in [2.05, 4.69) is 23.2 Å². The molecule has 15 heavy (non-hydrogen) atoms. The maximum absolute atomic E-state index is 5.43. The Labute approximate surface area is 91.4 Å². The molecule has 1 saturated heterocycles. The average molecular weight is 208 g/mol. The van der Waals surface area contributed by atoms with Crippen molar-refractivity contribution in [3.8, 4) is 0 Å². The van der Waals surface area contributed by atoms with Crippen LogP contribution >= 0.6 is 0 Å².